The molecule has 1 aliphatic heterocycles. The highest BCUT2D eigenvalue weighted by molar-refractivity contribution is 4.91. The molecule has 0 aliphatic carbocycles. The number of hydrogen-bond donors (Lipinski definition) is 0. The lowest BCUT2D eigenvalue weighted by Gasteiger charge is -2.16. The van der Waals surface area contributed by atoms with Gasteiger partial charge in [-0.05, 0) is 0 Å². The van der Waals surface area contributed by atoms with Crippen LogP contribution in [0.5, 0.6) is 0 Å². The van der Waals surface area contributed by atoms with Crippen molar-refractivity contribution in [3.63, 3.8) is 0 Å². The molecule has 1 heterocycles. The van der Waals surface area contributed by atoms with Crippen molar-refractivity contribution in [3.8, 4) is 6.07 Å². The van der Waals surface area contributed by atoms with E-state index in [4.69, 9.17) is 5.26 Å². The zero-order valence-electron chi connectivity index (χ0n) is 3.39. The highest BCUT2D eigenvalue weighted by Gasteiger charge is 2.15. The van der Waals surface area contributed by atoms with E-state index < -0.39 is 0 Å². The van der Waals surface area contributed by atoms with Crippen molar-refractivity contribution < 1.29 is 0 Å². The molecule has 1 aliphatic rings. The molecule has 0 aromatic rings. The van der Waals surface area contributed by atoms with Crippen LogP contribution < -0.4 is 5.32 Å². The Morgan fingerprint density at radius 3 is 2.33 bits per heavy atom. The number of rotatable bonds is 0. The Balaban J connectivity index is 2.22. The molecule has 0 unspecified atom stereocenters. The molecular formula is C4H5N2. The molecule has 1 saturated heterocycles. The summed E-state index contributed by atoms with van der Waals surface area (Å²) in [5, 5.41) is 11.9. The van der Waals surface area contributed by atoms with E-state index in [1.807, 2.05) is 0 Å². The second-order valence-electron chi connectivity index (χ2n) is 1.41. The van der Waals surface area contributed by atoms with Crippen molar-refractivity contribution in [3.05, 3.63) is 0 Å². The van der Waals surface area contributed by atoms with Gasteiger partial charge in [0.05, 0.1) is 12.0 Å². The zero-order chi connectivity index (χ0) is 4.41. The fourth-order valence-corrected chi connectivity index (χ4v) is 0.340. The predicted octanol–water partition coefficient (Wildman–Crippen LogP) is -0.256. The number of nitrogens with zero attached hydrogens (tertiary/aromatic N) is 2. The average molecular weight is 81.1 g/mol. The summed E-state index contributed by atoms with van der Waals surface area (Å²) in [6.07, 6.45) is 0. The summed E-state index contributed by atoms with van der Waals surface area (Å²) in [4.78, 5) is 0. The first-order chi connectivity index (χ1) is 2.93. The van der Waals surface area contributed by atoms with E-state index in [1.165, 1.54) is 0 Å². The highest BCUT2D eigenvalue weighted by Crippen LogP contribution is 1.99. The van der Waals surface area contributed by atoms with Crippen LogP contribution >= 0.6 is 0 Å². The summed E-state index contributed by atoms with van der Waals surface area (Å²) < 4.78 is 0. The van der Waals surface area contributed by atoms with Gasteiger partial charge in [-0.25, -0.2) is 5.32 Å². The van der Waals surface area contributed by atoms with Gasteiger partial charge in [-0.3, -0.25) is 0 Å². The molecule has 0 amide bonds. The summed E-state index contributed by atoms with van der Waals surface area (Å²) in [7, 11) is 0. The standard InChI is InChI=1S/C4H5N2/c5-1-4-2-6-3-4/h4H,2-3H2. The van der Waals surface area contributed by atoms with Crippen LogP contribution in [-0.4, -0.2) is 13.1 Å². The molecule has 1 rings (SSSR count). The molecule has 6 heavy (non-hydrogen) atoms. The molecule has 31 valence electrons. The maximum absolute atomic E-state index is 8.08. The Morgan fingerprint density at radius 1 is 1.67 bits per heavy atom. The van der Waals surface area contributed by atoms with Gasteiger partial charge in [0.2, 0.25) is 0 Å². The second-order valence-corrected chi connectivity index (χ2v) is 1.41. The lowest BCUT2D eigenvalue weighted by Crippen LogP contribution is -2.34. The van der Waals surface area contributed by atoms with E-state index in [0.717, 1.165) is 13.1 Å². The minimum absolute atomic E-state index is 0.255. The monoisotopic (exact) mass is 81.0 g/mol. The summed E-state index contributed by atoms with van der Waals surface area (Å²) >= 11 is 0. The van der Waals surface area contributed by atoms with Crippen LogP contribution in [0, 0.1) is 17.2 Å². The molecule has 0 atom stereocenters. The smallest absolute Gasteiger partial charge is 0.0745 e. The summed E-state index contributed by atoms with van der Waals surface area (Å²) in [5.41, 5.74) is 0. The van der Waals surface area contributed by atoms with Gasteiger partial charge in [-0.2, -0.15) is 5.26 Å². The fourth-order valence-electron chi connectivity index (χ4n) is 0.340. The second kappa shape index (κ2) is 1.27. The first kappa shape index (κ1) is 3.63. The van der Waals surface area contributed by atoms with E-state index in [-0.39, 0.29) is 5.92 Å². The van der Waals surface area contributed by atoms with Crippen LogP contribution in [0.2, 0.25) is 0 Å². The Kier molecular flexibility index (Phi) is 0.771. The minimum atomic E-state index is 0.255. The lowest BCUT2D eigenvalue weighted by molar-refractivity contribution is 0.417. The van der Waals surface area contributed by atoms with Gasteiger partial charge >= 0.3 is 0 Å². The van der Waals surface area contributed by atoms with Crippen LogP contribution in [0.25, 0.3) is 0 Å². The average Bonchev–Trinajstić information content (AvgIpc) is 1.31. The molecule has 1 radical (unpaired) electrons. The van der Waals surface area contributed by atoms with Gasteiger partial charge in [0.1, 0.15) is 0 Å². The maximum atomic E-state index is 8.08. The van der Waals surface area contributed by atoms with Gasteiger partial charge in [-0.1, -0.05) is 0 Å². The van der Waals surface area contributed by atoms with Gasteiger partial charge in [0.15, 0.2) is 0 Å². The Hall–Kier alpha value is -0.550. The van der Waals surface area contributed by atoms with Crippen LogP contribution in [0.4, 0.5) is 0 Å². The minimum Gasteiger partial charge on any atom is -0.239 e. The van der Waals surface area contributed by atoms with Crippen molar-refractivity contribution in [2.24, 2.45) is 5.92 Å². The molecule has 0 N–H and O–H groups in total. The lowest BCUT2D eigenvalue weighted by atomic mass is 10.1. The van der Waals surface area contributed by atoms with E-state index in [1.54, 1.807) is 0 Å². The normalized spacial score (nSPS) is 21.8. The molecule has 0 bridgehead atoms. The Morgan fingerprint density at radius 2 is 2.33 bits per heavy atom. The molecule has 0 spiro atoms. The SMILES string of the molecule is N#CC1C[N]C1. The Labute approximate surface area is 36.8 Å². The van der Waals surface area contributed by atoms with E-state index in [0.29, 0.717) is 0 Å². The number of nitriles is 1. The predicted molar refractivity (Wildman–Crippen MR) is 21.0 cm³/mol. The van der Waals surface area contributed by atoms with E-state index in [9.17, 15) is 0 Å². The van der Waals surface area contributed by atoms with Crippen molar-refractivity contribution in [1.29, 1.82) is 5.26 Å². The van der Waals surface area contributed by atoms with Gasteiger partial charge in [0, 0.05) is 13.1 Å². The van der Waals surface area contributed by atoms with Crippen LogP contribution in [0.15, 0.2) is 0 Å². The van der Waals surface area contributed by atoms with Gasteiger partial charge in [-0.15, -0.1) is 0 Å². The van der Waals surface area contributed by atoms with Crippen LogP contribution in [0.1, 0.15) is 0 Å². The largest absolute Gasteiger partial charge is 0.239 e. The van der Waals surface area contributed by atoms with Crippen molar-refractivity contribution in [2.75, 3.05) is 13.1 Å². The molecule has 0 aromatic carbocycles. The third-order valence-corrected chi connectivity index (χ3v) is 0.882. The molecular weight excluding hydrogens is 76.1 g/mol. The summed E-state index contributed by atoms with van der Waals surface area (Å²) in [6, 6.07) is 2.11. The third-order valence-electron chi connectivity index (χ3n) is 0.882. The Bertz CT molecular complexity index is 78.0. The molecule has 1 fully saturated rings. The first-order valence-corrected chi connectivity index (χ1v) is 1.96. The van der Waals surface area contributed by atoms with Crippen LogP contribution in [0.3, 0.4) is 0 Å². The van der Waals surface area contributed by atoms with Crippen LogP contribution in [-0.2, 0) is 0 Å². The third kappa shape index (κ3) is 0.373. The first-order valence-electron chi connectivity index (χ1n) is 1.96. The van der Waals surface area contributed by atoms with E-state index >= 15 is 0 Å². The summed E-state index contributed by atoms with van der Waals surface area (Å²) in [5.74, 6) is 0.255. The van der Waals surface area contributed by atoms with Gasteiger partial charge < -0.3 is 0 Å². The van der Waals surface area contributed by atoms with Crippen molar-refractivity contribution in [2.45, 2.75) is 0 Å². The van der Waals surface area contributed by atoms with Gasteiger partial charge in [0.25, 0.3) is 0 Å². The molecule has 0 saturated carbocycles. The molecule has 0 aromatic heterocycles. The fraction of sp³-hybridized carbons (Fsp3) is 0.750. The quantitative estimate of drug-likeness (QED) is 0.396. The summed E-state index contributed by atoms with van der Waals surface area (Å²) in [6.45, 7) is 1.55. The molecule has 2 nitrogen and oxygen atoms in total. The number of hydrogen-bond acceptors (Lipinski definition) is 1. The molecule has 2 heteroatoms. The maximum Gasteiger partial charge on any atom is 0.0745 e. The van der Waals surface area contributed by atoms with E-state index in [2.05, 4.69) is 11.4 Å². The topological polar surface area (TPSA) is 37.9 Å². The zero-order valence-corrected chi connectivity index (χ0v) is 3.39. The van der Waals surface area contributed by atoms with Crippen molar-refractivity contribution in [1.82, 2.24) is 5.32 Å². The van der Waals surface area contributed by atoms with Crippen molar-refractivity contribution >= 4 is 0 Å². The highest BCUT2D eigenvalue weighted by atomic mass is 14.9.